The average Bonchev–Trinajstić information content (AvgIpc) is 2.79. The zero-order chi connectivity index (χ0) is 17.0. The molecule has 1 fully saturated rings. The van der Waals surface area contributed by atoms with E-state index in [2.05, 4.69) is 0 Å². The standard InChI is InChI=1S/C15H15NO6S/c1-21-10-4-3-9(7-11(10)22-2)8-12-14(19)16(15(20)23-12)6-5-13(17)18/h3-4,7-8H,5-6H2,1-2H3,(H,17,18)/p-1/b12-8-. The monoisotopic (exact) mass is 336 g/mol. The van der Waals surface area contributed by atoms with Gasteiger partial charge < -0.3 is 19.4 Å². The summed E-state index contributed by atoms with van der Waals surface area (Å²) in [6.45, 7) is -0.198. The molecule has 0 atom stereocenters. The van der Waals surface area contributed by atoms with Crippen LogP contribution in [0.25, 0.3) is 6.08 Å². The molecule has 0 unspecified atom stereocenters. The smallest absolute Gasteiger partial charge is 0.293 e. The molecular formula is C15H14NO6S-. The zero-order valence-electron chi connectivity index (χ0n) is 12.5. The van der Waals surface area contributed by atoms with E-state index in [4.69, 9.17) is 9.47 Å². The maximum absolute atomic E-state index is 12.2. The molecule has 8 heteroatoms. The molecule has 1 aliphatic heterocycles. The Balaban J connectivity index is 2.21. The number of benzene rings is 1. The van der Waals surface area contributed by atoms with E-state index >= 15 is 0 Å². The number of carbonyl (C=O) groups is 3. The first-order chi connectivity index (χ1) is 11.0. The van der Waals surface area contributed by atoms with Crippen LogP contribution < -0.4 is 14.6 Å². The Morgan fingerprint density at radius 1 is 1.26 bits per heavy atom. The van der Waals surface area contributed by atoms with Crippen molar-refractivity contribution in [2.75, 3.05) is 20.8 Å². The van der Waals surface area contributed by atoms with Crippen molar-refractivity contribution < 1.29 is 29.0 Å². The lowest BCUT2D eigenvalue weighted by Gasteiger charge is -2.12. The summed E-state index contributed by atoms with van der Waals surface area (Å²) in [5.41, 5.74) is 0.660. The molecular weight excluding hydrogens is 322 g/mol. The summed E-state index contributed by atoms with van der Waals surface area (Å²) in [4.78, 5) is 35.5. The van der Waals surface area contributed by atoms with Gasteiger partial charge in [0, 0.05) is 18.9 Å². The van der Waals surface area contributed by atoms with Crippen LogP contribution in [0.2, 0.25) is 0 Å². The molecule has 1 aromatic carbocycles. The molecule has 1 heterocycles. The van der Waals surface area contributed by atoms with Crippen LogP contribution in [0.3, 0.4) is 0 Å². The van der Waals surface area contributed by atoms with Gasteiger partial charge in [0.2, 0.25) is 0 Å². The number of ether oxygens (including phenoxy) is 2. The molecule has 0 saturated carbocycles. The Morgan fingerprint density at radius 3 is 2.57 bits per heavy atom. The molecule has 1 saturated heterocycles. The highest BCUT2D eigenvalue weighted by atomic mass is 32.2. The van der Waals surface area contributed by atoms with Crippen LogP contribution in [0, 0.1) is 0 Å². The van der Waals surface area contributed by atoms with E-state index in [-0.39, 0.29) is 17.9 Å². The number of carboxylic acids is 1. The van der Waals surface area contributed by atoms with E-state index in [0.717, 1.165) is 16.7 Å². The van der Waals surface area contributed by atoms with Gasteiger partial charge in [0.05, 0.1) is 19.1 Å². The van der Waals surface area contributed by atoms with Crippen LogP contribution >= 0.6 is 11.8 Å². The highest BCUT2D eigenvalue weighted by Gasteiger charge is 2.34. The third-order valence-corrected chi connectivity index (χ3v) is 4.03. The van der Waals surface area contributed by atoms with Gasteiger partial charge >= 0.3 is 0 Å². The Morgan fingerprint density at radius 2 is 1.96 bits per heavy atom. The van der Waals surface area contributed by atoms with E-state index in [1.807, 2.05) is 0 Å². The first kappa shape index (κ1) is 16.9. The fourth-order valence-corrected chi connectivity index (χ4v) is 2.85. The number of nitrogens with zero attached hydrogens (tertiary/aromatic N) is 1. The maximum atomic E-state index is 12.2. The Labute approximate surface area is 136 Å². The van der Waals surface area contributed by atoms with Crippen molar-refractivity contribution in [2.45, 2.75) is 6.42 Å². The lowest BCUT2D eigenvalue weighted by molar-refractivity contribution is -0.305. The molecule has 0 aromatic heterocycles. The topological polar surface area (TPSA) is 96.0 Å². The maximum Gasteiger partial charge on any atom is 0.293 e. The molecule has 0 spiro atoms. The summed E-state index contributed by atoms with van der Waals surface area (Å²) in [7, 11) is 3.01. The number of imide groups is 1. The number of carboxylic acid groups (broad SMARTS) is 1. The first-order valence-corrected chi connectivity index (χ1v) is 7.45. The van der Waals surface area contributed by atoms with Gasteiger partial charge in [0.1, 0.15) is 0 Å². The molecule has 23 heavy (non-hydrogen) atoms. The Hall–Kier alpha value is -2.48. The van der Waals surface area contributed by atoms with Gasteiger partial charge in [-0.3, -0.25) is 14.5 Å². The summed E-state index contributed by atoms with van der Waals surface area (Å²) in [6.07, 6.45) is 1.16. The molecule has 7 nitrogen and oxygen atoms in total. The number of aliphatic carboxylic acids is 1. The Kier molecular flexibility index (Phi) is 5.28. The summed E-state index contributed by atoms with van der Waals surface area (Å²) in [5, 5.41) is 9.97. The normalized spacial score (nSPS) is 16.1. The predicted octanol–water partition coefficient (Wildman–Crippen LogP) is 0.880. The van der Waals surface area contributed by atoms with Crippen molar-refractivity contribution in [3.05, 3.63) is 28.7 Å². The van der Waals surface area contributed by atoms with Gasteiger partial charge in [0.25, 0.3) is 11.1 Å². The molecule has 2 rings (SSSR count). The summed E-state index contributed by atoms with van der Waals surface area (Å²) >= 11 is 0.765. The fourth-order valence-electron chi connectivity index (χ4n) is 1.99. The van der Waals surface area contributed by atoms with Crippen molar-refractivity contribution in [3.8, 4) is 11.5 Å². The highest BCUT2D eigenvalue weighted by molar-refractivity contribution is 8.18. The number of carbonyl (C=O) groups excluding carboxylic acids is 3. The molecule has 0 N–H and O–H groups in total. The fraction of sp³-hybridized carbons (Fsp3) is 0.267. The van der Waals surface area contributed by atoms with Crippen LogP contribution in [0.1, 0.15) is 12.0 Å². The van der Waals surface area contributed by atoms with Gasteiger partial charge in [-0.15, -0.1) is 0 Å². The van der Waals surface area contributed by atoms with Gasteiger partial charge in [-0.05, 0) is 35.5 Å². The van der Waals surface area contributed by atoms with E-state index in [0.29, 0.717) is 17.1 Å². The summed E-state index contributed by atoms with van der Waals surface area (Å²) < 4.78 is 10.3. The number of hydrogen-bond acceptors (Lipinski definition) is 7. The third kappa shape index (κ3) is 3.84. The van der Waals surface area contributed by atoms with Crippen LogP contribution in [0.5, 0.6) is 11.5 Å². The van der Waals surface area contributed by atoms with Gasteiger partial charge in [0.15, 0.2) is 11.5 Å². The molecule has 1 aromatic rings. The summed E-state index contributed by atoms with van der Waals surface area (Å²) in [6, 6.07) is 5.08. The van der Waals surface area contributed by atoms with Crippen molar-refractivity contribution in [2.24, 2.45) is 0 Å². The van der Waals surface area contributed by atoms with Gasteiger partial charge in [-0.1, -0.05) is 6.07 Å². The molecule has 0 bridgehead atoms. The van der Waals surface area contributed by atoms with E-state index in [9.17, 15) is 19.5 Å². The minimum absolute atomic E-state index is 0.198. The largest absolute Gasteiger partial charge is 0.550 e. The minimum atomic E-state index is -1.31. The lowest BCUT2D eigenvalue weighted by atomic mass is 10.2. The highest BCUT2D eigenvalue weighted by Crippen LogP contribution is 2.34. The van der Waals surface area contributed by atoms with Gasteiger partial charge in [-0.25, -0.2) is 0 Å². The molecule has 0 aliphatic carbocycles. The predicted molar refractivity (Wildman–Crippen MR) is 81.8 cm³/mol. The van der Waals surface area contributed by atoms with Crippen molar-refractivity contribution in [1.82, 2.24) is 4.90 Å². The second-order valence-electron chi connectivity index (χ2n) is 4.57. The molecule has 122 valence electrons. The second kappa shape index (κ2) is 7.19. The number of amides is 2. The molecule has 2 amide bonds. The zero-order valence-corrected chi connectivity index (χ0v) is 13.3. The van der Waals surface area contributed by atoms with Crippen LogP contribution in [0.4, 0.5) is 4.79 Å². The van der Waals surface area contributed by atoms with Crippen molar-refractivity contribution >= 4 is 35.0 Å². The first-order valence-electron chi connectivity index (χ1n) is 6.63. The SMILES string of the molecule is COc1ccc(/C=C2\SC(=O)N(CCC(=O)[O-])C2=O)cc1OC. The van der Waals surface area contributed by atoms with Crippen molar-refractivity contribution in [1.29, 1.82) is 0 Å². The van der Waals surface area contributed by atoms with Crippen LogP contribution in [-0.4, -0.2) is 42.8 Å². The van der Waals surface area contributed by atoms with Crippen LogP contribution in [0.15, 0.2) is 23.1 Å². The number of methoxy groups -OCH3 is 2. The lowest BCUT2D eigenvalue weighted by Crippen LogP contribution is -2.33. The average molecular weight is 336 g/mol. The second-order valence-corrected chi connectivity index (χ2v) is 5.56. The number of hydrogen-bond donors (Lipinski definition) is 0. The quantitative estimate of drug-likeness (QED) is 0.711. The molecule has 1 aliphatic rings. The van der Waals surface area contributed by atoms with Crippen molar-refractivity contribution in [3.63, 3.8) is 0 Å². The summed E-state index contributed by atoms with van der Waals surface area (Å²) in [5.74, 6) is -0.784. The van der Waals surface area contributed by atoms with E-state index in [1.165, 1.54) is 14.2 Å². The van der Waals surface area contributed by atoms with E-state index < -0.39 is 17.1 Å². The number of rotatable bonds is 6. The minimum Gasteiger partial charge on any atom is -0.550 e. The van der Waals surface area contributed by atoms with Gasteiger partial charge in [-0.2, -0.15) is 0 Å². The number of thioether (sulfide) groups is 1. The van der Waals surface area contributed by atoms with E-state index in [1.54, 1.807) is 24.3 Å². The Bertz CT molecular complexity index is 685. The van der Waals surface area contributed by atoms with Crippen LogP contribution in [-0.2, 0) is 9.59 Å². The third-order valence-electron chi connectivity index (χ3n) is 3.12. The molecule has 0 radical (unpaired) electrons.